The molecule has 0 saturated carbocycles. The number of nitrogens with one attached hydrogen (secondary N) is 1. The maximum absolute atomic E-state index is 11.8. The lowest BCUT2D eigenvalue weighted by Gasteiger charge is -2.26. The molecule has 0 aromatic heterocycles. The molecule has 0 aromatic carbocycles. The smallest absolute Gasteiger partial charge is 0.234 e. The molecule has 0 aliphatic heterocycles. The Labute approximate surface area is 99.2 Å². The number of nitrogens with zero attached hydrogens (tertiary/aromatic N) is 1. The van der Waals surface area contributed by atoms with Gasteiger partial charge in [-0.05, 0) is 20.3 Å². The fraction of sp³-hybridized carbons (Fsp3) is 0.615. The molecule has 0 bridgehead atoms. The van der Waals surface area contributed by atoms with Gasteiger partial charge >= 0.3 is 0 Å². The Morgan fingerprint density at radius 3 is 2.19 bits per heavy atom. The summed E-state index contributed by atoms with van der Waals surface area (Å²) in [5.74, 6) is 0.0514. The van der Waals surface area contributed by atoms with Gasteiger partial charge in [0.25, 0.3) is 0 Å². The highest BCUT2D eigenvalue weighted by atomic mass is 16.2. The van der Waals surface area contributed by atoms with Crippen LogP contribution in [0.4, 0.5) is 0 Å². The van der Waals surface area contributed by atoms with Crippen LogP contribution in [0.3, 0.4) is 0 Å². The van der Waals surface area contributed by atoms with Crippen molar-refractivity contribution in [2.45, 2.75) is 32.7 Å². The van der Waals surface area contributed by atoms with Gasteiger partial charge in [0.1, 0.15) is 0 Å². The van der Waals surface area contributed by atoms with E-state index in [4.69, 9.17) is 0 Å². The summed E-state index contributed by atoms with van der Waals surface area (Å²) < 4.78 is 0. The first-order valence-electron chi connectivity index (χ1n) is 5.70. The van der Waals surface area contributed by atoms with Gasteiger partial charge in [0.15, 0.2) is 0 Å². The molecular formula is C13H24N2O. The number of hydrogen-bond acceptors (Lipinski definition) is 2. The molecule has 1 amide bonds. The topological polar surface area (TPSA) is 32.3 Å². The van der Waals surface area contributed by atoms with E-state index in [9.17, 15) is 4.79 Å². The monoisotopic (exact) mass is 224 g/mol. The predicted octanol–water partition coefficient (Wildman–Crippen LogP) is 1.97. The molecule has 0 aliphatic rings. The van der Waals surface area contributed by atoms with Crippen molar-refractivity contribution >= 4 is 5.91 Å². The molecule has 0 aromatic rings. The lowest BCUT2D eigenvalue weighted by molar-refractivity contribution is -0.123. The van der Waals surface area contributed by atoms with Crippen LogP contribution in [0.15, 0.2) is 25.3 Å². The zero-order valence-electron chi connectivity index (χ0n) is 10.8. The lowest BCUT2D eigenvalue weighted by Crippen LogP contribution is -2.47. The van der Waals surface area contributed by atoms with Crippen LogP contribution in [0.2, 0.25) is 0 Å². The van der Waals surface area contributed by atoms with Crippen molar-refractivity contribution in [2.75, 3.05) is 19.6 Å². The van der Waals surface area contributed by atoms with Crippen molar-refractivity contribution in [2.24, 2.45) is 0 Å². The van der Waals surface area contributed by atoms with E-state index in [-0.39, 0.29) is 11.4 Å². The van der Waals surface area contributed by atoms with E-state index in [2.05, 4.69) is 25.4 Å². The summed E-state index contributed by atoms with van der Waals surface area (Å²) in [6.07, 6.45) is 4.51. The molecule has 0 radical (unpaired) electrons. The molecule has 0 unspecified atom stereocenters. The van der Waals surface area contributed by atoms with E-state index in [0.717, 1.165) is 6.42 Å². The van der Waals surface area contributed by atoms with E-state index >= 15 is 0 Å². The third kappa shape index (κ3) is 6.40. The lowest BCUT2D eigenvalue weighted by atomic mass is 10.0. The molecule has 0 spiro atoms. The van der Waals surface area contributed by atoms with Gasteiger partial charge in [0.2, 0.25) is 5.91 Å². The minimum absolute atomic E-state index is 0.0514. The average molecular weight is 224 g/mol. The van der Waals surface area contributed by atoms with Crippen molar-refractivity contribution in [3.8, 4) is 0 Å². The minimum atomic E-state index is -0.134. The summed E-state index contributed by atoms with van der Waals surface area (Å²) >= 11 is 0. The molecule has 3 nitrogen and oxygen atoms in total. The van der Waals surface area contributed by atoms with E-state index < -0.39 is 0 Å². The van der Waals surface area contributed by atoms with Gasteiger partial charge in [-0.1, -0.05) is 19.1 Å². The predicted molar refractivity (Wildman–Crippen MR) is 69.3 cm³/mol. The summed E-state index contributed by atoms with van der Waals surface area (Å²) in [4.78, 5) is 13.7. The Bertz CT molecular complexity index is 236. The average Bonchev–Trinajstić information content (AvgIpc) is 2.17. The quantitative estimate of drug-likeness (QED) is 0.639. The molecule has 0 heterocycles. The molecule has 0 rings (SSSR count). The summed E-state index contributed by atoms with van der Waals surface area (Å²) in [6.45, 7) is 15.2. The van der Waals surface area contributed by atoms with Crippen LogP contribution in [0.1, 0.15) is 27.2 Å². The van der Waals surface area contributed by atoms with E-state index in [1.165, 1.54) is 0 Å². The third-order valence-corrected chi connectivity index (χ3v) is 2.50. The summed E-state index contributed by atoms with van der Waals surface area (Å²) in [6, 6.07) is 0. The van der Waals surface area contributed by atoms with Gasteiger partial charge in [0.05, 0.1) is 6.54 Å². The SMILES string of the molecule is C=CCN(CC=C)CC(=O)NC(C)(C)CC. The molecule has 16 heavy (non-hydrogen) atoms. The summed E-state index contributed by atoms with van der Waals surface area (Å²) in [5.41, 5.74) is -0.134. The molecule has 0 atom stereocenters. The Kier molecular flexibility index (Phi) is 6.74. The highest BCUT2D eigenvalue weighted by Crippen LogP contribution is 2.06. The number of carbonyl (C=O) groups is 1. The van der Waals surface area contributed by atoms with Gasteiger partial charge in [-0.2, -0.15) is 0 Å². The highest BCUT2D eigenvalue weighted by Gasteiger charge is 2.18. The molecule has 0 saturated heterocycles. The minimum Gasteiger partial charge on any atom is -0.350 e. The Hall–Kier alpha value is -1.09. The molecule has 0 fully saturated rings. The zero-order valence-corrected chi connectivity index (χ0v) is 10.8. The van der Waals surface area contributed by atoms with Crippen LogP contribution in [0, 0.1) is 0 Å². The second-order valence-corrected chi connectivity index (χ2v) is 4.56. The van der Waals surface area contributed by atoms with Crippen LogP contribution in [-0.2, 0) is 4.79 Å². The van der Waals surface area contributed by atoms with Gasteiger partial charge in [0, 0.05) is 18.6 Å². The van der Waals surface area contributed by atoms with E-state index in [1.54, 1.807) is 12.2 Å². The number of rotatable bonds is 8. The fourth-order valence-corrected chi connectivity index (χ4v) is 1.28. The van der Waals surface area contributed by atoms with Crippen molar-refractivity contribution in [1.29, 1.82) is 0 Å². The number of carbonyl (C=O) groups excluding carboxylic acids is 1. The summed E-state index contributed by atoms with van der Waals surface area (Å²) in [7, 11) is 0. The van der Waals surface area contributed by atoms with E-state index in [1.807, 2.05) is 18.7 Å². The van der Waals surface area contributed by atoms with Crippen LogP contribution >= 0.6 is 0 Å². The molecule has 92 valence electrons. The first-order chi connectivity index (χ1) is 7.45. The second-order valence-electron chi connectivity index (χ2n) is 4.56. The molecule has 1 N–H and O–H groups in total. The van der Waals surface area contributed by atoms with Crippen LogP contribution < -0.4 is 5.32 Å². The highest BCUT2D eigenvalue weighted by molar-refractivity contribution is 5.78. The normalized spacial score (nSPS) is 11.2. The van der Waals surface area contributed by atoms with Gasteiger partial charge < -0.3 is 5.32 Å². The zero-order chi connectivity index (χ0) is 12.6. The van der Waals surface area contributed by atoms with Gasteiger partial charge in [-0.3, -0.25) is 9.69 Å². The number of amides is 1. The standard InChI is InChI=1S/C13H24N2O/c1-6-9-15(10-7-2)11-12(16)14-13(4,5)8-3/h6-7H,1-2,8-11H2,3-5H3,(H,14,16). The van der Waals surface area contributed by atoms with Crippen LogP contribution in [0.5, 0.6) is 0 Å². The first-order valence-corrected chi connectivity index (χ1v) is 5.70. The van der Waals surface area contributed by atoms with Crippen molar-refractivity contribution < 1.29 is 4.79 Å². The van der Waals surface area contributed by atoms with Crippen LogP contribution in [0.25, 0.3) is 0 Å². The summed E-state index contributed by atoms with van der Waals surface area (Å²) in [5, 5.41) is 3.00. The Morgan fingerprint density at radius 2 is 1.81 bits per heavy atom. The third-order valence-electron chi connectivity index (χ3n) is 2.50. The second kappa shape index (κ2) is 7.23. The Balaban J connectivity index is 4.18. The van der Waals surface area contributed by atoms with E-state index in [0.29, 0.717) is 19.6 Å². The first kappa shape index (κ1) is 14.9. The molecule has 0 aliphatic carbocycles. The Morgan fingerprint density at radius 1 is 1.31 bits per heavy atom. The fourth-order valence-electron chi connectivity index (χ4n) is 1.28. The van der Waals surface area contributed by atoms with Crippen molar-refractivity contribution in [3.63, 3.8) is 0 Å². The van der Waals surface area contributed by atoms with Crippen LogP contribution in [-0.4, -0.2) is 36.0 Å². The largest absolute Gasteiger partial charge is 0.350 e. The van der Waals surface area contributed by atoms with Crippen molar-refractivity contribution in [3.05, 3.63) is 25.3 Å². The molecule has 3 heteroatoms. The number of hydrogen-bond donors (Lipinski definition) is 1. The maximum atomic E-state index is 11.8. The molecular weight excluding hydrogens is 200 g/mol. The maximum Gasteiger partial charge on any atom is 0.234 e. The van der Waals surface area contributed by atoms with Gasteiger partial charge in [-0.25, -0.2) is 0 Å². The van der Waals surface area contributed by atoms with Crippen molar-refractivity contribution in [1.82, 2.24) is 10.2 Å². The van der Waals surface area contributed by atoms with Gasteiger partial charge in [-0.15, -0.1) is 13.2 Å².